The van der Waals surface area contributed by atoms with E-state index in [0.717, 1.165) is 37.9 Å². The maximum Gasteiger partial charge on any atom is 0.171 e. The second-order valence-corrected chi connectivity index (χ2v) is 6.00. The maximum absolute atomic E-state index is 12.8. The van der Waals surface area contributed by atoms with Gasteiger partial charge in [-0.2, -0.15) is 0 Å². The molecule has 3 aliphatic rings. The number of Topliss-reactive ketones (excluding diaryl/α,β-unsaturated/α-hetero) is 1. The van der Waals surface area contributed by atoms with E-state index >= 15 is 0 Å². The SMILES string of the molecule is C[C@H]1CC=CC(=O)[C@@H]1C(=O)C1=CCCN2CCC[C@@H]12. The van der Waals surface area contributed by atoms with Crippen LogP contribution in [0.1, 0.15) is 32.6 Å². The monoisotopic (exact) mass is 259 g/mol. The first kappa shape index (κ1) is 12.8. The summed E-state index contributed by atoms with van der Waals surface area (Å²) in [5, 5.41) is 0. The molecule has 3 atom stereocenters. The van der Waals surface area contributed by atoms with Crippen LogP contribution in [-0.4, -0.2) is 35.6 Å². The molecule has 3 heteroatoms. The molecule has 0 amide bonds. The van der Waals surface area contributed by atoms with E-state index in [4.69, 9.17) is 0 Å². The molecule has 3 nitrogen and oxygen atoms in total. The van der Waals surface area contributed by atoms with Crippen molar-refractivity contribution in [1.82, 2.24) is 4.90 Å². The van der Waals surface area contributed by atoms with Gasteiger partial charge in [0, 0.05) is 18.2 Å². The van der Waals surface area contributed by atoms with Crippen LogP contribution in [0.15, 0.2) is 23.8 Å². The molecule has 0 bridgehead atoms. The fourth-order valence-electron chi connectivity index (χ4n) is 3.72. The maximum atomic E-state index is 12.8. The molecule has 1 aliphatic carbocycles. The summed E-state index contributed by atoms with van der Waals surface area (Å²) in [5.41, 5.74) is 0.921. The number of hydrogen-bond acceptors (Lipinski definition) is 3. The third-order valence-corrected chi connectivity index (χ3v) is 4.74. The Balaban J connectivity index is 1.85. The topological polar surface area (TPSA) is 37.4 Å². The molecule has 102 valence electrons. The molecule has 19 heavy (non-hydrogen) atoms. The van der Waals surface area contributed by atoms with Gasteiger partial charge in [-0.25, -0.2) is 0 Å². The molecule has 0 radical (unpaired) electrons. The summed E-state index contributed by atoms with van der Waals surface area (Å²) in [5.74, 6) is -0.197. The average Bonchev–Trinajstić information content (AvgIpc) is 2.86. The molecule has 0 N–H and O–H groups in total. The Morgan fingerprint density at radius 3 is 3.00 bits per heavy atom. The fraction of sp³-hybridized carbons (Fsp3) is 0.625. The zero-order valence-corrected chi connectivity index (χ0v) is 11.5. The van der Waals surface area contributed by atoms with Crippen molar-refractivity contribution in [3.63, 3.8) is 0 Å². The number of ketones is 2. The molecule has 2 heterocycles. The van der Waals surface area contributed by atoms with E-state index in [1.165, 1.54) is 6.42 Å². The van der Waals surface area contributed by atoms with Crippen LogP contribution >= 0.6 is 0 Å². The van der Waals surface area contributed by atoms with Crippen molar-refractivity contribution in [1.29, 1.82) is 0 Å². The average molecular weight is 259 g/mol. The Morgan fingerprint density at radius 1 is 1.37 bits per heavy atom. The lowest BCUT2D eigenvalue weighted by molar-refractivity contribution is -0.130. The van der Waals surface area contributed by atoms with Gasteiger partial charge in [-0.05, 0) is 44.2 Å². The van der Waals surface area contributed by atoms with Crippen molar-refractivity contribution in [2.24, 2.45) is 11.8 Å². The minimum Gasteiger partial charge on any atom is -0.296 e. The molecular formula is C16H21NO2. The molecule has 1 fully saturated rings. The Bertz CT molecular complexity index is 463. The van der Waals surface area contributed by atoms with Gasteiger partial charge >= 0.3 is 0 Å². The van der Waals surface area contributed by atoms with Crippen LogP contribution in [0, 0.1) is 11.8 Å². The molecule has 0 spiro atoms. The molecule has 0 unspecified atom stereocenters. The molecule has 0 saturated carbocycles. The number of nitrogens with zero attached hydrogens (tertiary/aromatic N) is 1. The molecule has 0 aromatic carbocycles. The number of hydrogen-bond donors (Lipinski definition) is 0. The van der Waals surface area contributed by atoms with Gasteiger partial charge in [0.25, 0.3) is 0 Å². The van der Waals surface area contributed by atoms with Gasteiger partial charge < -0.3 is 0 Å². The molecule has 1 saturated heterocycles. The van der Waals surface area contributed by atoms with Gasteiger partial charge in [-0.15, -0.1) is 0 Å². The Kier molecular flexibility index (Phi) is 3.40. The lowest BCUT2D eigenvalue weighted by Gasteiger charge is -2.32. The predicted octanol–water partition coefficient (Wildman–Crippen LogP) is 2.13. The number of fused-ring (bicyclic) bond motifs is 1. The zero-order valence-electron chi connectivity index (χ0n) is 11.5. The van der Waals surface area contributed by atoms with E-state index in [2.05, 4.69) is 11.0 Å². The van der Waals surface area contributed by atoms with Gasteiger partial charge in [0.2, 0.25) is 0 Å². The first-order valence-electron chi connectivity index (χ1n) is 7.37. The highest BCUT2D eigenvalue weighted by Crippen LogP contribution is 2.33. The zero-order chi connectivity index (χ0) is 13.4. The second-order valence-electron chi connectivity index (χ2n) is 6.00. The van der Waals surface area contributed by atoms with Crippen LogP contribution in [-0.2, 0) is 9.59 Å². The molecule has 0 aromatic heterocycles. The van der Waals surface area contributed by atoms with Crippen LogP contribution in [0.25, 0.3) is 0 Å². The van der Waals surface area contributed by atoms with Crippen LogP contribution in [0.4, 0.5) is 0 Å². The number of carbonyl (C=O) groups excluding carboxylic acids is 2. The van der Waals surface area contributed by atoms with E-state index in [9.17, 15) is 9.59 Å². The predicted molar refractivity (Wildman–Crippen MR) is 73.7 cm³/mol. The Morgan fingerprint density at radius 2 is 2.21 bits per heavy atom. The highest BCUT2D eigenvalue weighted by Gasteiger charge is 2.39. The third kappa shape index (κ3) is 2.20. The van der Waals surface area contributed by atoms with E-state index in [1.807, 2.05) is 13.0 Å². The van der Waals surface area contributed by atoms with E-state index in [-0.39, 0.29) is 23.5 Å². The van der Waals surface area contributed by atoms with E-state index in [1.54, 1.807) is 6.08 Å². The number of carbonyl (C=O) groups is 2. The van der Waals surface area contributed by atoms with E-state index in [0.29, 0.717) is 0 Å². The van der Waals surface area contributed by atoms with Crippen molar-refractivity contribution in [2.75, 3.05) is 13.1 Å². The van der Waals surface area contributed by atoms with Gasteiger partial charge in [-0.1, -0.05) is 19.1 Å². The summed E-state index contributed by atoms with van der Waals surface area (Å²) in [4.78, 5) is 27.2. The normalized spacial score (nSPS) is 35.1. The molecular weight excluding hydrogens is 238 g/mol. The summed E-state index contributed by atoms with van der Waals surface area (Å²) >= 11 is 0. The number of allylic oxidation sites excluding steroid dienone is 2. The van der Waals surface area contributed by atoms with Crippen molar-refractivity contribution >= 4 is 11.6 Å². The van der Waals surface area contributed by atoms with Gasteiger partial charge in [-0.3, -0.25) is 14.5 Å². The van der Waals surface area contributed by atoms with Gasteiger partial charge in [0.15, 0.2) is 11.6 Å². The van der Waals surface area contributed by atoms with Crippen LogP contribution in [0.3, 0.4) is 0 Å². The third-order valence-electron chi connectivity index (χ3n) is 4.74. The highest BCUT2D eigenvalue weighted by molar-refractivity contribution is 6.14. The summed E-state index contributed by atoms with van der Waals surface area (Å²) < 4.78 is 0. The van der Waals surface area contributed by atoms with Crippen molar-refractivity contribution in [3.05, 3.63) is 23.8 Å². The van der Waals surface area contributed by atoms with E-state index < -0.39 is 5.92 Å². The highest BCUT2D eigenvalue weighted by atomic mass is 16.2. The van der Waals surface area contributed by atoms with Gasteiger partial charge in [0.1, 0.15) is 0 Å². The van der Waals surface area contributed by atoms with Gasteiger partial charge in [0.05, 0.1) is 5.92 Å². The minimum atomic E-state index is -0.434. The lowest BCUT2D eigenvalue weighted by atomic mass is 9.76. The Hall–Kier alpha value is -1.22. The van der Waals surface area contributed by atoms with Crippen molar-refractivity contribution in [2.45, 2.75) is 38.6 Å². The summed E-state index contributed by atoms with van der Waals surface area (Å²) in [6.45, 7) is 4.18. The van der Waals surface area contributed by atoms with Crippen LogP contribution in [0.5, 0.6) is 0 Å². The summed E-state index contributed by atoms with van der Waals surface area (Å²) in [6.07, 6.45) is 9.61. The molecule has 0 aromatic rings. The summed E-state index contributed by atoms with van der Waals surface area (Å²) in [7, 11) is 0. The van der Waals surface area contributed by atoms with Crippen molar-refractivity contribution in [3.8, 4) is 0 Å². The molecule has 3 rings (SSSR count). The largest absolute Gasteiger partial charge is 0.296 e. The fourth-order valence-corrected chi connectivity index (χ4v) is 3.72. The van der Waals surface area contributed by atoms with Crippen LogP contribution < -0.4 is 0 Å². The van der Waals surface area contributed by atoms with Crippen LogP contribution in [0.2, 0.25) is 0 Å². The van der Waals surface area contributed by atoms with Crippen molar-refractivity contribution < 1.29 is 9.59 Å². The number of rotatable bonds is 2. The quantitative estimate of drug-likeness (QED) is 0.713. The first-order valence-corrected chi connectivity index (χ1v) is 7.37. The Labute approximate surface area is 114 Å². The summed E-state index contributed by atoms with van der Waals surface area (Å²) in [6, 6.07) is 0.284. The standard InChI is InChI=1S/C16H21NO2/c1-11-5-2-8-14(18)15(11)16(19)12-6-3-9-17-10-4-7-13(12)17/h2,6,8,11,13,15H,3-5,7,9-10H2,1H3/t11-,13-,15+/m0/s1. The smallest absolute Gasteiger partial charge is 0.171 e. The second kappa shape index (κ2) is 5.04. The first-order chi connectivity index (χ1) is 9.18. The lowest BCUT2D eigenvalue weighted by Crippen LogP contribution is -2.41. The minimum absolute atomic E-state index is 0.000213. The molecule has 2 aliphatic heterocycles.